The summed E-state index contributed by atoms with van der Waals surface area (Å²) in [5.41, 5.74) is 1.74. The lowest BCUT2D eigenvalue weighted by Gasteiger charge is -2.03. The van der Waals surface area contributed by atoms with E-state index >= 15 is 0 Å². The molecule has 2 N–H and O–H groups in total. The third kappa shape index (κ3) is 3.85. The average molecular weight is 281 g/mol. The molecule has 2 aromatic rings. The van der Waals surface area contributed by atoms with Crippen LogP contribution in [0.4, 0.5) is 0 Å². The second kappa shape index (κ2) is 5.91. The quantitative estimate of drug-likeness (QED) is 0.780. The van der Waals surface area contributed by atoms with E-state index in [1.165, 1.54) is 7.05 Å². The van der Waals surface area contributed by atoms with Crippen LogP contribution in [-0.4, -0.2) is 37.0 Å². The standard InChI is InChI=1S/C11H15N5O2S/c1-12-19(17,18)13-7-8-16-9-11(14-15-16)10-5-3-2-4-6-10/h2-6,9,12-13H,7-8H2,1H3. The molecule has 0 bridgehead atoms. The molecule has 0 aliphatic heterocycles. The lowest BCUT2D eigenvalue weighted by atomic mass is 10.2. The lowest BCUT2D eigenvalue weighted by Crippen LogP contribution is -2.35. The summed E-state index contributed by atoms with van der Waals surface area (Å²) in [5, 5.41) is 7.99. The highest BCUT2D eigenvalue weighted by atomic mass is 32.2. The van der Waals surface area contributed by atoms with Gasteiger partial charge in [0.25, 0.3) is 10.2 Å². The summed E-state index contributed by atoms with van der Waals surface area (Å²) in [4.78, 5) is 0. The fourth-order valence-corrected chi connectivity index (χ4v) is 2.02. The minimum Gasteiger partial charge on any atom is -0.251 e. The predicted octanol–water partition coefficient (Wildman–Crippen LogP) is -0.00110. The van der Waals surface area contributed by atoms with Crippen molar-refractivity contribution < 1.29 is 8.42 Å². The Hall–Kier alpha value is -1.77. The second-order valence-electron chi connectivity index (χ2n) is 3.83. The first-order valence-corrected chi connectivity index (χ1v) is 7.23. The molecule has 0 amide bonds. The van der Waals surface area contributed by atoms with Crippen molar-refractivity contribution in [1.82, 2.24) is 24.4 Å². The van der Waals surface area contributed by atoms with E-state index in [0.29, 0.717) is 6.54 Å². The summed E-state index contributed by atoms with van der Waals surface area (Å²) in [6, 6.07) is 9.67. The van der Waals surface area contributed by atoms with Crippen molar-refractivity contribution in [3.63, 3.8) is 0 Å². The number of nitrogens with zero attached hydrogens (tertiary/aromatic N) is 3. The number of nitrogens with one attached hydrogen (secondary N) is 2. The maximum atomic E-state index is 11.1. The summed E-state index contributed by atoms with van der Waals surface area (Å²) in [6.45, 7) is 0.668. The van der Waals surface area contributed by atoms with Crippen LogP contribution >= 0.6 is 0 Å². The van der Waals surface area contributed by atoms with Gasteiger partial charge in [-0.1, -0.05) is 35.5 Å². The van der Waals surface area contributed by atoms with E-state index in [1.807, 2.05) is 30.3 Å². The predicted molar refractivity (Wildman–Crippen MR) is 71.4 cm³/mol. The number of rotatable bonds is 6. The van der Waals surface area contributed by atoms with Crippen LogP contribution in [0.15, 0.2) is 36.5 Å². The molecule has 0 atom stereocenters. The first-order chi connectivity index (χ1) is 9.11. The molecule has 102 valence electrons. The van der Waals surface area contributed by atoms with Gasteiger partial charge in [-0.2, -0.15) is 8.42 Å². The van der Waals surface area contributed by atoms with Crippen molar-refractivity contribution in [2.75, 3.05) is 13.6 Å². The van der Waals surface area contributed by atoms with Gasteiger partial charge < -0.3 is 0 Å². The zero-order chi connectivity index (χ0) is 13.7. The molecule has 0 fully saturated rings. The number of aromatic nitrogens is 3. The van der Waals surface area contributed by atoms with Crippen molar-refractivity contribution >= 4 is 10.2 Å². The van der Waals surface area contributed by atoms with E-state index in [1.54, 1.807) is 10.9 Å². The third-order valence-corrected chi connectivity index (χ3v) is 3.63. The Morgan fingerprint density at radius 1 is 1.26 bits per heavy atom. The van der Waals surface area contributed by atoms with Gasteiger partial charge in [-0.15, -0.1) is 5.10 Å². The summed E-state index contributed by atoms with van der Waals surface area (Å²) in [6.07, 6.45) is 1.78. The van der Waals surface area contributed by atoms with Gasteiger partial charge in [0.1, 0.15) is 5.69 Å². The molecular formula is C11H15N5O2S. The maximum Gasteiger partial charge on any atom is 0.276 e. The Bertz CT molecular complexity index is 624. The van der Waals surface area contributed by atoms with E-state index in [4.69, 9.17) is 0 Å². The van der Waals surface area contributed by atoms with Crippen molar-refractivity contribution in [2.24, 2.45) is 0 Å². The molecule has 1 heterocycles. The van der Waals surface area contributed by atoms with Crippen LogP contribution in [0.25, 0.3) is 11.3 Å². The molecule has 19 heavy (non-hydrogen) atoms. The Labute approximate surface area is 111 Å². The summed E-state index contributed by atoms with van der Waals surface area (Å²) in [7, 11) is -2.04. The van der Waals surface area contributed by atoms with Crippen LogP contribution in [-0.2, 0) is 16.8 Å². The molecule has 0 aliphatic rings. The maximum absolute atomic E-state index is 11.1. The fourth-order valence-electron chi connectivity index (χ4n) is 1.52. The zero-order valence-electron chi connectivity index (χ0n) is 10.4. The molecular weight excluding hydrogens is 266 g/mol. The van der Waals surface area contributed by atoms with Crippen molar-refractivity contribution in [1.29, 1.82) is 0 Å². The summed E-state index contributed by atoms with van der Waals surface area (Å²) in [5.74, 6) is 0. The number of hydrogen-bond acceptors (Lipinski definition) is 4. The zero-order valence-corrected chi connectivity index (χ0v) is 11.3. The molecule has 2 rings (SSSR count). The van der Waals surface area contributed by atoms with Gasteiger partial charge in [0.15, 0.2) is 0 Å². The topological polar surface area (TPSA) is 88.9 Å². The van der Waals surface area contributed by atoms with E-state index < -0.39 is 10.2 Å². The molecule has 8 heteroatoms. The van der Waals surface area contributed by atoms with Crippen LogP contribution < -0.4 is 9.44 Å². The van der Waals surface area contributed by atoms with Gasteiger partial charge in [0, 0.05) is 19.2 Å². The van der Waals surface area contributed by atoms with E-state index in [0.717, 1.165) is 11.3 Å². The molecule has 7 nitrogen and oxygen atoms in total. The van der Waals surface area contributed by atoms with Gasteiger partial charge in [0.05, 0.1) is 12.7 Å². The fraction of sp³-hybridized carbons (Fsp3) is 0.273. The number of benzene rings is 1. The largest absolute Gasteiger partial charge is 0.276 e. The van der Waals surface area contributed by atoms with E-state index in [9.17, 15) is 8.42 Å². The molecule has 0 spiro atoms. The minimum atomic E-state index is -3.40. The molecule has 0 radical (unpaired) electrons. The molecule has 0 saturated carbocycles. The second-order valence-corrected chi connectivity index (χ2v) is 5.54. The smallest absolute Gasteiger partial charge is 0.251 e. The average Bonchev–Trinajstić information content (AvgIpc) is 2.88. The number of hydrogen-bond donors (Lipinski definition) is 2. The van der Waals surface area contributed by atoms with Crippen molar-refractivity contribution in [2.45, 2.75) is 6.54 Å². The normalized spacial score (nSPS) is 11.6. The molecule has 0 unspecified atom stereocenters. The molecule has 0 saturated heterocycles. The molecule has 0 aliphatic carbocycles. The Balaban J connectivity index is 1.95. The Morgan fingerprint density at radius 3 is 2.68 bits per heavy atom. The van der Waals surface area contributed by atoms with Crippen LogP contribution in [0.3, 0.4) is 0 Å². The molecule has 1 aromatic heterocycles. The van der Waals surface area contributed by atoms with Gasteiger partial charge in [-0.3, -0.25) is 4.68 Å². The highest BCUT2D eigenvalue weighted by molar-refractivity contribution is 7.87. The minimum absolute atomic E-state index is 0.251. The third-order valence-electron chi connectivity index (χ3n) is 2.51. The van der Waals surface area contributed by atoms with Crippen molar-refractivity contribution in [3.05, 3.63) is 36.5 Å². The van der Waals surface area contributed by atoms with Crippen LogP contribution in [0.5, 0.6) is 0 Å². The van der Waals surface area contributed by atoms with E-state index in [-0.39, 0.29) is 6.54 Å². The SMILES string of the molecule is CNS(=O)(=O)NCCn1cc(-c2ccccc2)nn1. The molecule has 1 aromatic carbocycles. The highest BCUT2D eigenvalue weighted by Crippen LogP contribution is 2.14. The van der Waals surface area contributed by atoms with Gasteiger partial charge >= 0.3 is 0 Å². The Kier molecular flexibility index (Phi) is 4.25. The van der Waals surface area contributed by atoms with Gasteiger partial charge in [-0.25, -0.2) is 9.44 Å². The van der Waals surface area contributed by atoms with Crippen molar-refractivity contribution in [3.8, 4) is 11.3 Å². The Morgan fingerprint density at radius 2 is 2.00 bits per heavy atom. The van der Waals surface area contributed by atoms with Gasteiger partial charge in [0.2, 0.25) is 0 Å². The van der Waals surface area contributed by atoms with Gasteiger partial charge in [-0.05, 0) is 0 Å². The monoisotopic (exact) mass is 281 g/mol. The first-order valence-electron chi connectivity index (χ1n) is 5.74. The van der Waals surface area contributed by atoms with Crippen LogP contribution in [0, 0.1) is 0 Å². The summed E-state index contributed by atoms with van der Waals surface area (Å²) >= 11 is 0. The van der Waals surface area contributed by atoms with Crippen LogP contribution in [0.1, 0.15) is 0 Å². The van der Waals surface area contributed by atoms with Crippen LogP contribution in [0.2, 0.25) is 0 Å². The van der Waals surface area contributed by atoms with E-state index in [2.05, 4.69) is 19.8 Å². The lowest BCUT2D eigenvalue weighted by molar-refractivity contribution is 0.547. The first kappa shape index (κ1) is 13.7. The summed E-state index contributed by atoms with van der Waals surface area (Å²) < 4.78 is 28.4. The highest BCUT2D eigenvalue weighted by Gasteiger charge is 2.06.